The lowest BCUT2D eigenvalue weighted by Crippen LogP contribution is -2.29. The number of alkyl halides is 1. The number of halogens is 1. The van der Waals surface area contributed by atoms with Crippen molar-refractivity contribution in [1.82, 2.24) is 9.38 Å². The Labute approximate surface area is 278 Å². The molecule has 0 fully saturated rings. The molecule has 6 rings (SSSR count). The van der Waals surface area contributed by atoms with Crippen LogP contribution in [0.3, 0.4) is 0 Å². The summed E-state index contributed by atoms with van der Waals surface area (Å²) in [4.78, 5) is 30.8. The SMILES string of the molecule is CC.CC.CCC(=O)c1ccc(O)cc1.CCOc1cc2c(c3c(C)cccc13)CCN2C(=O)c1cn2cc(C)ccc2n1.CCl. The molecule has 46 heavy (non-hydrogen) atoms. The van der Waals surface area contributed by atoms with Crippen molar-refractivity contribution in [3.05, 3.63) is 101 Å². The maximum absolute atomic E-state index is 13.4. The first-order valence-electron chi connectivity index (χ1n) is 16.0. The number of anilines is 1. The molecule has 0 bridgehead atoms. The molecule has 1 aliphatic rings. The number of aryl methyl sites for hydroxylation is 2. The zero-order valence-electron chi connectivity index (χ0n) is 28.6. The monoisotopic (exact) mass is 645 g/mol. The van der Waals surface area contributed by atoms with E-state index in [2.05, 4.69) is 41.7 Å². The number of phenolic OH excluding ortho intramolecular Hbond substituents is 1. The van der Waals surface area contributed by atoms with Gasteiger partial charge in [0, 0.05) is 48.8 Å². The third-order valence-electron chi connectivity index (χ3n) is 7.17. The van der Waals surface area contributed by atoms with E-state index in [1.807, 2.05) is 88.4 Å². The molecule has 7 nitrogen and oxygen atoms in total. The van der Waals surface area contributed by atoms with Crippen molar-refractivity contribution in [3.63, 3.8) is 0 Å². The third-order valence-corrected chi connectivity index (χ3v) is 7.17. The third kappa shape index (κ3) is 8.67. The lowest BCUT2D eigenvalue weighted by atomic mass is 9.97. The first-order valence-corrected chi connectivity index (χ1v) is 16.7. The number of ether oxygens (including phenoxy) is 1. The number of nitrogens with zero attached hydrogens (tertiary/aromatic N) is 3. The number of rotatable bonds is 5. The summed E-state index contributed by atoms with van der Waals surface area (Å²) in [6.07, 6.45) is 6.62. The molecule has 0 atom stereocenters. The molecule has 0 radical (unpaired) electrons. The minimum atomic E-state index is -0.0690. The van der Waals surface area contributed by atoms with E-state index in [9.17, 15) is 9.59 Å². The van der Waals surface area contributed by atoms with E-state index >= 15 is 0 Å². The number of fused-ring (bicyclic) bond motifs is 4. The number of hydrogen-bond donors (Lipinski definition) is 1. The van der Waals surface area contributed by atoms with Gasteiger partial charge in [0.15, 0.2) is 5.78 Å². The van der Waals surface area contributed by atoms with E-state index in [1.54, 1.807) is 12.1 Å². The largest absolute Gasteiger partial charge is 0.508 e. The summed E-state index contributed by atoms with van der Waals surface area (Å²) in [7, 11) is 0. The minimum Gasteiger partial charge on any atom is -0.508 e. The van der Waals surface area contributed by atoms with Gasteiger partial charge >= 0.3 is 0 Å². The molecule has 2 aromatic heterocycles. The number of benzene rings is 3. The van der Waals surface area contributed by atoms with Gasteiger partial charge in [-0.25, -0.2) is 4.98 Å². The predicted octanol–water partition coefficient (Wildman–Crippen LogP) is 9.60. The average Bonchev–Trinajstić information content (AvgIpc) is 3.72. The molecule has 1 N–H and O–H groups in total. The van der Waals surface area contributed by atoms with Crippen LogP contribution < -0.4 is 9.64 Å². The van der Waals surface area contributed by atoms with E-state index in [1.165, 1.54) is 35.0 Å². The van der Waals surface area contributed by atoms with E-state index in [0.717, 1.165) is 34.5 Å². The number of carbonyl (C=O) groups excluding carboxylic acids is 2. The second kappa shape index (κ2) is 18.6. The molecule has 8 heteroatoms. The highest BCUT2D eigenvalue weighted by Crippen LogP contribution is 2.41. The van der Waals surface area contributed by atoms with Gasteiger partial charge < -0.3 is 19.1 Å². The number of amides is 1. The number of aromatic nitrogens is 2. The van der Waals surface area contributed by atoms with Crippen LogP contribution in [0.15, 0.2) is 73.1 Å². The van der Waals surface area contributed by atoms with Crippen LogP contribution in [0.2, 0.25) is 0 Å². The lowest BCUT2D eigenvalue weighted by Gasteiger charge is -2.19. The van der Waals surface area contributed by atoms with Crippen LogP contribution in [0.25, 0.3) is 16.4 Å². The average molecular weight is 646 g/mol. The first kappa shape index (κ1) is 37.8. The Kier molecular flexibility index (Phi) is 15.3. The Hall–Kier alpha value is -4.36. The number of aromatic hydroxyl groups is 1. The fourth-order valence-corrected chi connectivity index (χ4v) is 5.21. The normalized spacial score (nSPS) is 11.0. The van der Waals surface area contributed by atoms with E-state index < -0.39 is 0 Å². The smallest absolute Gasteiger partial charge is 0.278 e. The predicted molar refractivity (Wildman–Crippen MR) is 192 cm³/mol. The number of Topliss-reactive ketones (excluding diaryl/α,β-unsaturated/α-hetero) is 1. The molecule has 1 amide bonds. The fraction of sp³-hybridized carbons (Fsp3) is 0.342. The second-order valence-corrected chi connectivity index (χ2v) is 9.93. The standard InChI is InChI=1S/C24H23N3O2.C9H10O2.2C2H6.CH3Cl/c1-4-29-21-12-20-17(23-16(3)6-5-7-18(21)23)10-11-27(20)24(28)19-14-26-13-15(2)8-9-22(26)25-19;1-2-9(11)7-3-5-8(10)6-4-7;3*1-2/h5-9,12-14H,4,10-11H2,1-3H3;3-6,10H,2H2,1H3;2*1-2H3;1H3. The van der Waals surface area contributed by atoms with Crippen molar-refractivity contribution in [2.45, 2.75) is 68.2 Å². The number of carbonyl (C=O) groups is 2. The van der Waals surface area contributed by atoms with Crippen molar-refractivity contribution in [3.8, 4) is 11.5 Å². The molecule has 246 valence electrons. The summed E-state index contributed by atoms with van der Waals surface area (Å²) in [5.41, 5.74) is 6.39. The van der Waals surface area contributed by atoms with Crippen molar-refractivity contribution in [2.24, 2.45) is 0 Å². The molecule has 0 saturated carbocycles. The fourth-order valence-electron chi connectivity index (χ4n) is 5.21. The molecule has 0 spiro atoms. The zero-order chi connectivity index (χ0) is 34.4. The maximum atomic E-state index is 13.4. The maximum Gasteiger partial charge on any atom is 0.278 e. The van der Waals surface area contributed by atoms with Gasteiger partial charge in [-0.05, 0) is 79.6 Å². The van der Waals surface area contributed by atoms with Crippen LogP contribution in [0, 0.1) is 13.8 Å². The molecular formula is C38H48ClN3O4. The second-order valence-electron chi connectivity index (χ2n) is 9.93. The summed E-state index contributed by atoms with van der Waals surface area (Å²) in [6.45, 7) is 17.2. The van der Waals surface area contributed by atoms with Gasteiger partial charge in [0.2, 0.25) is 0 Å². The van der Waals surface area contributed by atoms with Crippen LogP contribution in [0.1, 0.15) is 85.5 Å². The zero-order valence-corrected chi connectivity index (χ0v) is 29.4. The van der Waals surface area contributed by atoms with Gasteiger partial charge in [-0.3, -0.25) is 9.59 Å². The van der Waals surface area contributed by atoms with Gasteiger partial charge in [-0.2, -0.15) is 0 Å². The molecule has 5 aromatic rings. The highest BCUT2D eigenvalue weighted by molar-refractivity contribution is 6.15. The van der Waals surface area contributed by atoms with Gasteiger partial charge in [-0.15, -0.1) is 11.6 Å². The van der Waals surface area contributed by atoms with Crippen molar-refractivity contribution >= 4 is 45.4 Å². The van der Waals surface area contributed by atoms with Crippen LogP contribution in [0.4, 0.5) is 5.69 Å². The van der Waals surface area contributed by atoms with Crippen LogP contribution in [-0.4, -0.2) is 45.7 Å². The Morgan fingerprint density at radius 1 is 0.935 bits per heavy atom. The molecule has 3 aromatic carbocycles. The number of phenols is 1. The summed E-state index contributed by atoms with van der Waals surface area (Å²) < 4.78 is 7.85. The Morgan fingerprint density at radius 3 is 2.24 bits per heavy atom. The van der Waals surface area contributed by atoms with Crippen LogP contribution in [-0.2, 0) is 6.42 Å². The van der Waals surface area contributed by atoms with Crippen LogP contribution >= 0.6 is 11.6 Å². The number of imidazole rings is 1. The molecule has 0 unspecified atom stereocenters. The van der Waals surface area contributed by atoms with Gasteiger partial charge in [-0.1, -0.05) is 58.9 Å². The number of ketones is 1. The summed E-state index contributed by atoms with van der Waals surface area (Å²) >= 11 is 4.64. The lowest BCUT2D eigenvalue weighted by molar-refractivity contribution is 0.0978. The van der Waals surface area contributed by atoms with E-state index in [4.69, 9.17) is 9.84 Å². The topological polar surface area (TPSA) is 84.1 Å². The van der Waals surface area contributed by atoms with Crippen LogP contribution in [0.5, 0.6) is 11.5 Å². The highest BCUT2D eigenvalue weighted by Gasteiger charge is 2.30. The first-order chi connectivity index (χ1) is 22.3. The van der Waals surface area contributed by atoms with E-state index in [-0.39, 0.29) is 17.4 Å². The Balaban J connectivity index is 0.000000364. The molecular weight excluding hydrogens is 598 g/mol. The Morgan fingerprint density at radius 2 is 1.61 bits per heavy atom. The quantitative estimate of drug-likeness (QED) is 0.152. The van der Waals surface area contributed by atoms with Crippen molar-refractivity contribution in [2.75, 3.05) is 24.4 Å². The van der Waals surface area contributed by atoms with Crippen molar-refractivity contribution in [1.29, 1.82) is 0 Å². The number of pyridine rings is 1. The summed E-state index contributed by atoms with van der Waals surface area (Å²) in [5, 5.41) is 11.2. The molecule has 0 aliphatic carbocycles. The summed E-state index contributed by atoms with van der Waals surface area (Å²) in [5.74, 6) is 1.05. The molecule has 1 aliphatic heterocycles. The Bertz CT molecular complexity index is 1730. The van der Waals surface area contributed by atoms with Gasteiger partial charge in [0.25, 0.3) is 5.91 Å². The molecule has 0 saturated heterocycles. The van der Waals surface area contributed by atoms with Gasteiger partial charge in [0.05, 0.1) is 12.3 Å². The number of hydrogen-bond acceptors (Lipinski definition) is 5. The van der Waals surface area contributed by atoms with Crippen molar-refractivity contribution < 1.29 is 19.4 Å². The minimum absolute atomic E-state index is 0.0690. The summed E-state index contributed by atoms with van der Waals surface area (Å²) in [6, 6.07) is 18.5. The highest BCUT2D eigenvalue weighted by atomic mass is 35.5. The van der Waals surface area contributed by atoms with Gasteiger partial charge in [0.1, 0.15) is 22.8 Å². The van der Waals surface area contributed by atoms with E-state index in [0.29, 0.717) is 30.8 Å². The molecule has 3 heterocycles.